The van der Waals surface area contributed by atoms with Crippen molar-refractivity contribution in [2.75, 3.05) is 0 Å². The van der Waals surface area contributed by atoms with E-state index < -0.39 is 17.7 Å². The van der Waals surface area contributed by atoms with Crippen molar-refractivity contribution in [2.24, 2.45) is 0 Å². The highest BCUT2D eigenvalue weighted by Gasteiger charge is 2.33. The zero-order valence-electron chi connectivity index (χ0n) is 19.4. The van der Waals surface area contributed by atoms with Crippen molar-refractivity contribution < 1.29 is 14.6 Å². The fourth-order valence-corrected chi connectivity index (χ4v) is 4.21. The molecule has 0 spiro atoms. The van der Waals surface area contributed by atoms with Gasteiger partial charge in [-0.05, 0) is 27.7 Å². The van der Waals surface area contributed by atoms with E-state index in [2.05, 4.69) is 10.2 Å². The van der Waals surface area contributed by atoms with Crippen LogP contribution in [-0.2, 0) is 9.53 Å². The van der Waals surface area contributed by atoms with Crippen molar-refractivity contribution in [1.82, 2.24) is 24.8 Å². The van der Waals surface area contributed by atoms with Crippen LogP contribution in [0.2, 0.25) is 0 Å². The lowest BCUT2D eigenvalue weighted by Crippen LogP contribution is -2.29. The summed E-state index contributed by atoms with van der Waals surface area (Å²) < 4.78 is 7.77. The molecule has 0 saturated heterocycles. The molecule has 3 aromatic heterocycles. The van der Waals surface area contributed by atoms with Gasteiger partial charge in [-0.2, -0.15) is 10.2 Å². The number of carboxylic acid groups (broad SMARTS) is 1. The molecule has 0 bridgehead atoms. The maximum atomic E-state index is 12.5. The van der Waals surface area contributed by atoms with Crippen LogP contribution in [0.25, 0.3) is 39.1 Å². The number of carbonyl (C=O) groups is 1. The fraction of sp³-hybridized carbons (Fsp3) is 0.231. The Bertz CT molecular complexity index is 1510. The van der Waals surface area contributed by atoms with Gasteiger partial charge in [0.1, 0.15) is 0 Å². The highest BCUT2D eigenvalue weighted by atomic mass is 16.5. The third-order valence-corrected chi connectivity index (χ3v) is 5.59. The maximum absolute atomic E-state index is 12.5. The normalized spacial score (nSPS) is 12.9. The minimum atomic E-state index is -1.24. The van der Waals surface area contributed by atoms with Crippen LogP contribution in [-0.4, -0.2) is 41.5 Å². The lowest BCUT2D eigenvalue weighted by molar-refractivity contribution is -0.160. The second kappa shape index (κ2) is 8.07. The molecule has 8 heteroatoms. The number of nitrogens with zero attached hydrogens (tertiary/aromatic N) is 4. The van der Waals surface area contributed by atoms with Gasteiger partial charge >= 0.3 is 5.97 Å². The lowest BCUT2D eigenvalue weighted by atomic mass is 9.97. The number of aryl methyl sites for hydroxylation is 1. The van der Waals surface area contributed by atoms with E-state index in [1.807, 2.05) is 82.3 Å². The quantitative estimate of drug-likeness (QED) is 0.378. The van der Waals surface area contributed by atoms with E-state index in [1.54, 1.807) is 10.7 Å². The van der Waals surface area contributed by atoms with Crippen molar-refractivity contribution in [1.29, 1.82) is 0 Å². The molecule has 0 aliphatic heterocycles. The molecule has 1 unspecified atom stereocenters. The number of carboxylic acids is 1. The summed E-state index contributed by atoms with van der Waals surface area (Å²) in [5.41, 5.74) is 4.79. The molecule has 0 radical (unpaired) electrons. The molecule has 34 heavy (non-hydrogen) atoms. The van der Waals surface area contributed by atoms with Crippen LogP contribution >= 0.6 is 0 Å². The number of fused-ring (bicyclic) bond motifs is 2. The van der Waals surface area contributed by atoms with Gasteiger partial charge in [-0.15, -0.1) is 0 Å². The molecule has 172 valence electrons. The Kier molecular flexibility index (Phi) is 5.17. The molecular weight excluding hydrogens is 430 g/mol. The number of aliphatic carboxylic acids is 1. The predicted octanol–water partition coefficient (Wildman–Crippen LogP) is 5.19. The van der Waals surface area contributed by atoms with E-state index in [9.17, 15) is 9.90 Å². The zero-order valence-corrected chi connectivity index (χ0v) is 19.4. The fourth-order valence-electron chi connectivity index (χ4n) is 4.21. The van der Waals surface area contributed by atoms with Crippen LogP contribution in [0, 0.1) is 6.92 Å². The third-order valence-electron chi connectivity index (χ3n) is 5.59. The van der Waals surface area contributed by atoms with Gasteiger partial charge in [-0.3, -0.25) is 5.10 Å². The van der Waals surface area contributed by atoms with E-state index in [0.717, 1.165) is 27.7 Å². The molecule has 0 amide bonds. The summed E-state index contributed by atoms with van der Waals surface area (Å²) in [5, 5.41) is 23.2. The van der Waals surface area contributed by atoms with Crippen molar-refractivity contribution in [3.05, 3.63) is 72.1 Å². The van der Waals surface area contributed by atoms with Gasteiger partial charge in [0.05, 0.1) is 28.7 Å². The molecule has 0 aliphatic rings. The monoisotopic (exact) mass is 455 g/mol. The molecule has 0 aliphatic carbocycles. The molecule has 2 aromatic carbocycles. The van der Waals surface area contributed by atoms with E-state index in [-0.39, 0.29) is 0 Å². The standard InChI is InChI=1S/C26H25N5O3/c1-15-21(24(25(32)33)34-26(2,3)4)23(18-12-8-11-17-14-27-29-22(17)18)31-20(28-15)13-19(30-31)16-9-6-5-7-10-16/h5-14,24H,1-4H3,(H,27,29)(H,32,33). The summed E-state index contributed by atoms with van der Waals surface area (Å²) in [6.07, 6.45) is 0.497. The highest BCUT2D eigenvalue weighted by Crippen LogP contribution is 2.38. The Balaban J connectivity index is 1.87. The SMILES string of the molecule is Cc1nc2cc(-c3ccccc3)nn2c(-c2cccc3cn[nH]c23)c1C(OC(C)(C)C)C(=O)O. The van der Waals surface area contributed by atoms with Crippen LogP contribution in [0.1, 0.15) is 38.1 Å². The first-order chi connectivity index (χ1) is 16.2. The van der Waals surface area contributed by atoms with Crippen molar-refractivity contribution in [2.45, 2.75) is 39.4 Å². The number of nitrogens with one attached hydrogen (secondary N) is 1. The molecule has 5 rings (SSSR count). The van der Waals surface area contributed by atoms with Gasteiger partial charge in [-0.1, -0.05) is 48.5 Å². The summed E-state index contributed by atoms with van der Waals surface area (Å²) in [6, 6.07) is 17.5. The summed E-state index contributed by atoms with van der Waals surface area (Å²) in [6.45, 7) is 7.31. The number of benzene rings is 2. The van der Waals surface area contributed by atoms with Crippen LogP contribution in [0.15, 0.2) is 60.8 Å². The van der Waals surface area contributed by atoms with Gasteiger partial charge < -0.3 is 9.84 Å². The van der Waals surface area contributed by atoms with Crippen molar-refractivity contribution >= 4 is 22.5 Å². The topological polar surface area (TPSA) is 105 Å². The number of rotatable bonds is 5. The molecule has 5 aromatic rings. The van der Waals surface area contributed by atoms with E-state index in [0.29, 0.717) is 22.6 Å². The largest absolute Gasteiger partial charge is 0.479 e. The summed E-state index contributed by atoms with van der Waals surface area (Å²) in [5.74, 6) is -1.09. The van der Waals surface area contributed by atoms with Gasteiger partial charge in [0, 0.05) is 33.8 Å². The Morgan fingerprint density at radius 1 is 1.12 bits per heavy atom. The maximum Gasteiger partial charge on any atom is 0.337 e. The molecule has 0 saturated carbocycles. The number of H-pyrrole nitrogens is 1. The molecule has 2 N–H and O–H groups in total. The van der Waals surface area contributed by atoms with E-state index in [1.165, 1.54) is 0 Å². The number of aromatic nitrogens is 5. The first-order valence-electron chi connectivity index (χ1n) is 11.0. The number of hydrogen-bond donors (Lipinski definition) is 2. The van der Waals surface area contributed by atoms with Gasteiger partial charge in [0.15, 0.2) is 11.8 Å². The Labute approximate surface area is 196 Å². The molecule has 1 atom stereocenters. The number of ether oxygens (including phenoxy) is 1. The van der Waals surface area contributed by atoms with E-state index >= 15 is 0 Å². The van der Waals surface area contributed by atoms with Crippen LogP contribution in [0.4, 0.5) is 0 Å². The third kappa shape index (κ3) is 3.82. The minimum Gasteiger partial charge on any atom is -0.479 e. The predicted molar refractivity (Wildman–Crippen MR) is 129 cm³/mol. The van der Waals surface area contributed by atoms with Gasteiger partial charge in [0.2, 0.25) is 0 Å². The number of aromatic amines is 1. The zero-order chi connectivity index (χ0) is 24.0. The molecule has 0 fully saturated rings. The molecular formula is C26H25N5O3. The minimum absolute atomic E-state index is 0.458. The lowest BCUT2D eigenvalue weighted by Gasteiger charge is -2.27. The Hall–Kier alpha value is -4.04. The molecule has 3 heterocycles. The van der Waals surface area contributed by atoms with Gasteiger partial charge in [0.25, 0.3) is 0 Å². The van der Waals surface area contributed by atoms with Crippen molar-refractivity contribution in [3.8, 4) is 22.5 Å². The number of hydrogen-bond acceptors (Lipinski definition) is 5. The summed E-state index contributed by atoms with van der Waals surface area (Å²) in [7, 11) is 0. The van der Waals surface area contributed by atoms with Crippen LogP contribution in [0.5, 0.6) is 0 Å². The first-order valence-corrected chi connectivity index (χ1v) is 11.0. The second-order valence-corrected chi connectivity index (χ2v) is 9.21. The number of para-hydroxylation sites is 1. The smallest absolute Gasteiger partial charge is 0.337 e. The Morgan fingerprint density at radius 3 is 2.59 bits per heavy atom. The van der Waals surface area contributed by atoms with E-state index in [4.69, 9.17) is 14.8 Å². The molecule has 8 nitrogen and oxygen atoms in total. The Morgan fingerprint density at radius 2 is 1.88 bits per heavy atom. The average molecular weight is 456 g/mol. The summed E-state index contributed by atoms with van der Waals surface area (Å²) in [4.78, 5) is 17.2. The average Bonchev–Trinajstić information content (AvgIpc) is 3.43. The second-order valence-electron chi connectivity index (χ2n) is 9.21. The van der Waals surface area contributed by atoms with Crippen molar-refractivity contribution in [3.63, 3.8) is 0 Å². The van der Waals surface area contributed by atoms with Gasteiger partial charge in [-0.25, -0.2) is 14.3 Å². The first kappa shape index (κ1) is 21.8. The van der Waals surface area contributed by atoms with Crippen LogP contribution < -0.4 is 0 Å². The van der Waals surface area contributed by atoms with Crippen LogP contribution in [0.3, 0.4) is 0 Å². The summed E-state index contributed by atoms with van der Waals surface area (Å²) >= 11 is 0. The highest BCUT2D eigenvalue weighted by molar-refractivity contribution is 5.95.